The van der Waals surface area contributed by atoms with Gasteiger partial charge in [-0.05, 0) is 33.3 Å². The van der Waals surface area contributed by atoms with Crippen LogP contribution in [0.5, 0.6) is 0 Å². The summed E-state index contributed by atoms with van der Waals surface area (Å²) in [6, 6.07) is 1.94. The van der Waals surface area contributed by atoms with Gasteiger partial charge in [0.1, 0.15) is 6.61 Å². The van der Waals surface area contributed by atoms with Gasteiger partial charge in [0, 0.05) is 43.8 Å². The first-order valence-electron chi connectivity index (χ1n) is 7.46. The predicted molar refractivity (Wildman–Crippen MR) is 82.0 cm³/mol. The smallest absolute Gasteiger partial charge is 0.190 e. The van der Waals surface area contributed by atoms with Gasteiger partial charge in [-0.15, -0.1) is 0 Å². The topological polar surface area (TPSA) is 49.7 Å². The lowest BCUT2D eigenvalue weighted by atomic mass is 10.1. The van der Waals surface area contributed by atoms with Crippen LogP contribution in [-0.4, -0.2) is 50.5 Å². The Labute approximate surface area is 127 Å². The van der Waals surface area contributed by atoms with E-state index in [2.05, 4.69) is 11.5 Å². The molecule has 0 aliphatic carbocycles. The lowest BCUT2D eigenvalue weighted by Crippen LogP contribution is -2.14. The summed E-state index contributed by atoms with van der Waals surface area (Å²) in [7, 11) is 1.67. The van der Waals surface area contributed by atoms with Crippen molar-refractivity contribution in [2.75, 3.05) is 40.1 Å². The number of hydrogen-bond acceptors (Lipinski definition) is 4. The molecule has 0 aliphatic heterocycles. The molecule has 1 aromatic heterocycles. The van der Waals surface area contributed by atoms with Crippen LogP contribution in [0.25, 0.3) is 0 Å². The first kappa shape index (κ1) is 17.9. The number of ketones is 1. The second-order valence-electron chi connectivity index (χ2n) is 4.96. The van der Waals surface area contributed by atoms with E-state index in [1.807, 2.05) is 19.9 Å². The molecule has 5 heteroatoms. The van der Waals surface area contributed by atoms with Crippen LogP contribution in [0.15, 0.2) is 6.07 Å². The third-order valence-corrected chi connectivity index (χ3v) is 3.43. The molecule has 0 aliphatic rings. The fourth-order valence-electron chi connectivity index (χ4n) is 2.34. The number of aryl methyl sites for hydroxylation is 1. The lowest BCUT2D eigenvalue weighted by Gasteiger charge is -2.07. The van der Waals surface area contributed by atoms with Crippen molar-refractivity contribution in [3.05, 3.63) is 23.0 Å². The minimum Gasteiger partial charge on any atom is -0.385 e. The summed E-state index contributed by atoms with van der Waals surface area (Å²) in [6.07, 6.45) is 0.873. The molecule has 0 fully saturated rings. The second-order valence-corrected chi connectivity index (χ2v) is 4.96. The maximum absolute atomic E-state index is 12.1. The van der Waals surface area contributed by atoms with E-state index >= 15 is 0 Å². The summed E-state index contributed by atoms with van der Waals surface area (Å²) in [5, 5.41) is 0. The Hall–Kier alpha value is -1.17. The summed E-state index contributed by atoms with van der Waals surface area (Å²) in [5.41, 5.74) is 2.88. The first-order chi connectivity index (χ1) is 10.1. The van der Waals surface area contributed by atoms with Gasteiger partial charge in [0.15, 0.2) is 5.78 Å². The Bertz CT molecular complexity index is 440. The molecule has 1 heterocycles. The molecule has 0 radical (unpaired) electrons. The number of Topliss-reactive ketones (excluding diaryl/α,β-unsaturated/α-hetero) is 1. The Balaban J connectivity index is 2.25. The SMILES string of the molecule is CCn1c(C)cc(C(=O)COCCOCCCOC)c1C. The molecule has 0 unspecified atom stereocenters. The molecule has 0 spiro atoms. The van der Waals surface area contributed by atoms with Gasteiger partial charge in [0.05, 0.1) is 13.2 Å². The number of carbonyl (C=O) groups excluding carboxylic acids is 1. The van der Waals surface area contributed by atoms with Crippen molar-refractivity contribution in [2.45, 2.75) is 33.7 Å². The van der Waals surface area contributed by atoms with E-state index < -0.39 is 0 Å². The van der Waals surface area contributed by atoms with Crippen molar-refractivity contribution >= 4 is 5.78 Å². The maximum Gasteiger partial charge on any atom is 0.190 e. The molecule has 120 valence electrons. The van der Waals surface area contributed by atoms with Crippen molar-refractivity contribution < 1.29 is 19.0 Å². The summed E-state index contributed by atoms with van der Waals surface area (Å²) in [6.45, 7) is 9.35. The van der Waals surface area contributed by atoms with Crippen LogP contribution in [0.3, 0.4) is 0 Å². The molecule has 0 atom stereocenters. The largest absolute Gasteiger partial charge is 0.385 e. The standard InChI is InChI=1S/C16H27NO4/c1-5-17-13(2)11-15(14(17)3)16(18)12-21-10-9-20-8-6-7-19-4/h11H,5-10,12H2,1-4H3. The second kappa shape index (κ2) is 9.71. The van der Waals surface area contributed by atoms with E-state index in [-0.39, 0.29) is 12.4 Å². The van der Waals surface area contributed by atoms with Crippen LogP contribution in [0.1, 0.15) is 35.1 Å². The van der Waals surface area contributed by atoms with Crippen molar-refractivity contribution in [3.63, 3.8) is 0 Å². The van der Waals surface area contributed by atoms with Gasteiger partial charge in [-0.3, -0.25) is 4.79 Å². The van der Waals surface area contributed by atoms with Gasteiger partial charge in [-0.25, -0.2) is 0 Å². The number of rotatable bonds is 11. The molecular formula is C16H27NO4. The number of carbonyl (C=O) groups is 1. The van der Waals surface area contributed by atoms with Crippen LogP contribution in [-0.2, 0) is 20.8 Å². The molecule has 0 N–H and O–H groups in total. The van der Waals surface area contributed by atoms with Crippen molar-refractivity contribution in [3.8, 4) is 0 Å². The van der Waals surface area contributed by atoms with Crippen LogP contribution in [0.4, 0.5) is 0 Å². The number of ether oxygens (including phenoxy) is 3. The molecule has 0 bridgehead atoms. The third-order valence-electron chi connectivity index (χ3n) is 3.43. The zero-order chi connectivity index (χ0) is 15.7. The highest BCUT2D eigenvalue weighted by molar-refractivity contribution is 5.98. The summed E-state index contributed by atoms with van der Waals surface area (Å²) >= 11 is 0. The van der Waals surface area contributed by atoms with Gasteiger partial charge < -0.3 is 18.8 Å². The van der Waals surface area contributed by atoms with Crippen LogP contribution in [0, 0.1) is 13.8 Å². The van der Waals surface area contributed by atoms with Crippen molar-refractivity contribution in [2.24, 2.45) is 0 Å². The van der Waals surface area contributed by atoms with Crippen LogP contribution >= 0.6 is 0 Å². The molecule has 5 nitrogen and oxygen atoms in total. The molecule has 0 amide bonds. The average Bonchev–Trinajstić information content (AvgIpc) is 2.76. The molecular weight excluding hydrogens is 270 g/mol. The average molecular weight is 297 g/mol. The molecule has 21 heavy (non-hydrogen) atoms. The van der Waals surface area contributed by atoms with E-state index in [9.17, 15) is 4.79 Å². The molecule has 0 aromatic carbocycles. The molecule has 0 saturated carbocycles. The normalized spacial score (nSPS) is 11.0. The number of nitrogens with zero attached hydrogens (tertiary/aromatic N) is 1. The Morgan fingerprint density at radius 3 is 2.48 bits per heavy atom. The lowest BCUT2D eigenvalue weighted by molar-refractivity contribution is 0.0382. The number of hydrogen-bond donors (Lipinski definition) is 0. The highest BCUT2D eigenvalue weighted by Gasteiger charge is 2.14. The monoisotopic (exact) mass is 297 g/mol. The van der Waals surface area contributed by atoms with Gasteiger partial charge in [0.2, 0.25) is 0 Å². The van der Waals surface area contributed by atoms with E-state index in [4.69, 9.17) is 14.2 Å². The molecule has 0 saturated heterocycles. The predicted octanol–water partition coefficient (Wildman–Crippen LogP) is 2.38. The van der Waals surface area contributed by atoms with Crippen LogP contribution in [0.2, 0.25) is 0 Å². The van der Waals surface area contributed by atoms with Gasteiger partial charge in [0.25, 0.3) is 0 Å². The van der Waals surface area contributed by atoms with Crippen molar-refractivity contribution in [1.29, 1.82) is 0 Å². The third kappa shape index (κ3) is 5.61. The Morgan fingerprint density at radius 1 is 1.14 bits per heavy atom. The van der Waals surface area contributed by atoms with E-state index in [0.29, 0.717) is 26.4 Å². The van der Waals surface area contributed by atoms with E-state index in [0.717, 1.165) is 29.9 Å². The highest BCUT2D eigenvalue weighted by atomic mass is 16.5. The fourth-order valence-corrected chi connectivity index (χ4v) is 2.34. The van der Waals surface area contributed by atoms with Gasteiger partial charge in [-0.2, -0.15) is 0 Å². The number of aromatic nitrogens is 1. The van der Waals surface area contributed by atoms with Gasteiger partial charge >= 0.3 is 0 Å². The Morgan fingerprint density at radius 2 is 1.86 bits per heavy atom. The quantitative estimate of drug-likeness (QED) is 0.465. The van der Waals surface area contributed by atoms with Crippen molar-refractivity contribution in [1.82, 2.24) is 4.57 Å². The summed E-state index contributed by atoms with van der Waals surface area (Å²) in [5.74, 6) is 0.0298. The first-order valence-corrected chi connectivity index (χ1v) is 7.46. The minimum absolute atomic E-state index is 0.0298. The Kier molecular flexibility index (Phi) is 8.27. The summed E-state index contributed by atoms with van der Waals surface area (Å²) < 4.78 is 17.8. The highest BCUT2D eigenvalue weighted by Crippen LogP contribution is 2.15. The fraction of sp³-hybridized carbons (Fsp3) is 0.688. The number of methoxy groups -OCH3 is 1. The zero-order valence-corrected chi connectivity index (χ0v) is 13.6. The zero-order valence-electron chi connectivity index (χ0n) is 13.6. The maximum atomic E-state index is 12.1. The van der Waals surface area contributed by atoms with E-state index in [1.165, 1.54) is 0 Å². The summed E-state index contributed by atoms with van der Waals surface area (Å²) in [4.78, 5) is 12.1. The molecule has 1 aromatic rings. The van der Waals surface area contributed by atoms with Crippen LogP contribution < -0.4 is 0 Å². The molecule has 1 rings (SSSR count). The van der Waals surface area contributed by atoms with Gasteiger partial charge in [-0.1, -0.05) is 0 Å². The minimum atomic E-state index is 0.0298. The van der Waals surface area contributed by atoms with E-state index in [1.54, 1.807) is 7.11 Å².